The van der Waals surface area contributed by atoms with E-state index >= 15 is 0 Å². The van der Waals surface area contributed by atoms with Crippen molar-refractivity contribution in [1.82, 2.24) is 5.43 Å². The monoisotopic (exact) mass is 473 g/mol. The van der Waals surface area contributed by atoms with E-state index in [9.17, 15) is 24.8 Å². The van der Waals surface area contributed by atoms with Crippen molar-refractivity contribution in [2.75, 3.05) is 0 Å². The average molecular weight is 474 g/mol. The number of rotatable bonds is 6. The lowest BCUT2D eigenvalue weighted by atomic mass is 10.2. The predicted molar refractivity (Wildman–Crippen MR) is 118 cm³/mol. The van der Waals surface area contributed by atoms with Crippen molar-refractivity contribution in [3.05, 3.63) is 97.5 Å². The molecule has 0 atom stereocenters. The first kappa shape index (κ1) is 22.7. The van der Waals surface area contributed by atoms with Gasteiger partial charge in [0, 0.05) is 22.2 Å². The molecule has 0 fully saturated rings. The number of esters is 1. The number of halogens is 2. The standard InChI is InChI=1S/C21H13Cl2N3O6/c22-14-4-7-16(17(23)10-14)21(29)32-19-8-1-12(9-18(19)26(30)31)11-24-25-20(28)13-2-5-15(27)6-3-13/h1-11,27H,(H,25,28)/b24-11+. The number of hydrogen-bond donors (Lipinski definition) is 2. The van der Waals surface area contributed by atoms with Crippen molar-refractivity contribution in [3.8, 4) is 11.5 Å². The molecule has 0 saturated carbocycles. The molecule has 11 heteroatoms. The minimum Gasteiger partial charge on any atom is -0.508 e. The molecule has 0 radical (unpaired) electrons. The van der Waals surface area contributed by atoms with E-state index in [0.717, 1.165) is 6.07 Å². The summed E-state index contributed by atoms with van der Waals surface area (Å²) in [6.45, 7) is 0. The fourth-order valence-corrected chi connectivity index (χ4v) is 2.98. The van der Waals surface area contributed by atoms with Gasteiger partial charge in [-0.15, -0.1) is 0 Å². The summed E-state index contributed by atoms with van der Waals surface area (Å²) in [6.07, 6.45) is 1.19. The summed E-state index contributed by atoms with van der Waals surface area (Å²) in [6, 6.07) is 13.4. The van der Waals surface area contributed by atoms with Gasteiger partial charge in [0.15, 0.2) is 0 Å². The van der Waals surface area contributed by atoms with E-state index < -0.39 is 22.5 Å². The molecule has 3 rings (SSSR count). The van der Waals surface area contributed by atoms with Crippen molar-refractivity contribution < 1.29 is 24.4 Å². The van der Waals surface area contributed by atoms with Crippen LogP contribution in [0.4, 0.5) is 5.69 Å². The summed E-state index contributed by atoms with van der Waals surface area (Å²) in [5, 5.41) is 24.8. The highest BCUT2D eigenvalue weighted by molar-refractivity contribution is 6.36. The van der Waals surface area contributed by atoms with Gasteiger partial charge in [-0.3, -0.25) is 14.9 Å². The smallest absolute Gasteiger partial charge is 0.345 e. The second kappa shape index (κ2) is 9.90. The van der Waals surface area contributed by atoms with Crippen LogP contribution in [-0.4, -0.2) is 28.1 Å². The molecular weight excluding hydrogens is 461 g/mol. The van der Waals surface area contributed by atoms with Crippen LogP contribution in [0.25, 0.3) is 0 Å². The minimum atomic E-state index is -0.891. The fraction of sp³-hybridized carbons (Fsp3) is 0. The molecule has 0 bridgehead atoms. The number of hydrazone groups is 1. The summed E-state index contributed by atoms with van der Waals surface area (Å²) in [5.74, 6) is -1.72. The van der Waals surface area contributed by atoms with E-state index in [1.54, 1.807) is 0 Å². The quantitative estimate of drug-likeness (QED) is 0.177. The van der Waals surface area contributed by atoms with E-state index in [1.807, 2.05) is 0 Å². The Bertz CT molecular complexity index is 1230. The number of nitrogens with one attached hydrogen (secondary N) is 1. The maximum atomic E-state index is 12.3. The van der Waals surface area contributed by atoms with Crippen LogP contribution >= 0.6 is 23.2 Å². The molecule has 2 N–H and O–H groups in total. The fourth-order valence-electron chi connectivity index (χ4n) is 2.50. The molecule has 0 aliphatic carbocycles. The lowest BCUT2D eigenvalue weighted by Gasteiger charge is -2.07. The van der Waals surface area contributed by atoms with E-state index in [1.165, 1.54) is 60.8 Å². The molecule has 32 heavy (non-hydrogen) atoms. The maximum Gasteiger partial charge on any atom is 0.345 e. The number of amides is 1. The average Bonchev–Trinajstić information content (AvgIpc) is 2.74. The Balaban J connectivity index is 1.74. The Morgan fingerprint density at radius 1 is 1.06 bits per heavy atom. The number of nitrogens with zero attached hydrogens (tertiary/aromatic N) is 2. The van der Waals surface area contributed by atoms with Crippen molar-refractivity contribution in [2.24, 2.45) is 5.10 Å². The third-order valence-electron chi connectivity index (χ3n) is 4.04. The molecule has 1 amide bonds. The highest BCUT2D eigenvalue weighted by Crippen LogP contribution is 2.29. The van der Waals surface area contributed by atoms with Gasteiger partial charge in [0.1, 0.15) is 5.75 Å². The molecule has 0 aliphatic heterocycles. The van der Waals surface area contributed by atoms with E-state index in [0.29, 0.717) is 5.02 Å². The van der Waals surface area contributed by atoms with Crippen LogP contribution < -0.4 is 10.2 Å². The lowest BCUT2D eigenvalue weighted by Crippen LogP contribution is -2.17. The van der Waals surface area contributed by atoms with Crippen LogP contribution in [0.3, 0.4) is 0 Å². The zero-order valence-electron chi connectivity index (χ0n) is 16.0. The number of benzene rings is 3. The third kappa shape index (κ3) is 5.60. The van der Waals surface area contributed by atoms with E-state index in [-0.39, 0.29) is 33.2 Å². The largest absolute Gasteiger partial charge is 0.508 e. The number of carbonyl (C=O) groups is 2. The van der Waals surface area contributed by atoms with Crippen LogP contribution in [0.1, 0.15) is 26.3 Å². The molecule has 0 saturated heterocycles. The lowest BCUT2D eigenvalue weighted by molar-refractivity contribution is -0.385. The summed E-state index contributed by atoms with van der Waals surface area (Å²) in [4.78, 5) is 35.0. The molecule has 3 aromatic carbocycles. The SMILES string of the molecule is O=C(N/N=C/c1ccc(OC(=O)c2ccc(Cl)cc2Cl)c([N+](=O)[O-])c1)c1ccc(O)cc1. The number of aromatic hydroxyl groups is 1. The van der Waals surface area contributed by atoms with Crippen LogP contribution in [0.5, 0.6) is 11.5 Å². The van der Waals surface area contributed by atoms with Crippen LogP contribution in [0, 0.1) is 10.1 Å². The molecular formula is C21H13Cl2N3O6. The van der Waals surface area contributed by atoms with Gasteiger partial charge in [-0.25, -0.2) is 10.2 Å². The highest BCUT2D eigenvalue weighted by atomic mass is 35.5. The predicted octanol–water partition coefficient (Wildman–Crippen LogP) is 4.59. The Kier molecular flexibility index (Phi) is 7.04. The molecule has 0 unspecified atom stereocenters. The van der Waals surface area contributed by atoms with E-state index in [4.69, 9.17) is 27.9 Å². The van der Waals surface area contributed by atoms with Gasteiger partial charge in [-0.2, -0.15) is 5.10 Å². The molecule has 0 spiro atoms. The number of hydrogen-bond acceptors (Lipinski definition) is 7. The second-order valence-electron chi connectivity index (χ2n) is 6.24. The summed E-state index contributed by atoms with van der Waals surface area (Å²) >= 11 is 11.8. The topological polar surface area (TPSA) is 131 Å². The summed E-state index contributed by atoms with van der Waals surface area (Å²) < 4.78 is 5.14. The van der Waals surface area contributed by atoms with Gasteiger partial charge in [-0.05, 0) is 54.6 Å². The van der Waals surface area contributed by atoms with Crippen LogP contribution in [0.2, 0.25) is 10.0 Å². The molecule has 3 aromatic rings. The molecule has 162 valence electrons. The first-order chi connectivity index (χ1) is 15.2. The number of nitro groups is 1. The van der Waals surface area contributed by atoms with Gasteiger partial charge >= 0.3 is 11.7 Å². The molecule has 0 aromatic heterocycles. The first-order valence-corrected chi connectivity index (χ1v) is 9.58. The van der Waals surface area contributed by atoms with Gasteiger partial charge in [-0.1, -0.05) is 23.2 Å². The Labute approximate surface area is 191 Å². The normalized spacial score (nSPS) is 10.7. The zero-order valence-corrected chi connectivity index (χ0v) is 17.5. The number of ether oxygens (including phenoxy) is 1. The molecule has 0 aliphatic rings. The Hall–Kier alpha value is -3.95. The van der Waals surface area contributed by atoms with Gasteiger partial charge < -0.3 is 9.84 Å². The van der Waals surface area contributed by atoms with Gasteiger partial charge in [0.05, 0.1) is 21.7 Å². The third-order valence-corrected chi connectivity index (χ3v) is 4.59. The number of phenols is 1. The Morgan fingerprint density at radius 2 is 1.78 bits per heavy atom. The summed E-state index contributed by atoms with van der Waals surface area (Å²) in [7, 11) is 0. The Morgan fingerprint density at radius 3 is 2.44 bits per heavy atom. The van der Waals surface area contributed by atoms with Crippen LogP contribution in [-0.2, 0) is 0 Å². The van der Waals surface area contributed by atoms with Crippen molar-refractivity contribution in [1.29, 1.82) is 0 Å². The first-order valence-electron chi connectivity index (χ1n) is 8.82. The second-order valence-corrected chi connectivity index (χ2v) is 7.09. The minimum absolute atomic E-state index is 0.00653. The van der Waals surface area contributed by atoms with E-state index in [2.05, 4.69) is 10.5 Å². The zero-order chi connectivity index (χ0) is 23.3. The van der Waals surface area contributed by atoms with Crippen molar-refractivity contribution >= 4 is 47.0 Å². The number of nitro benzene ring substituents is 1. The van der Waals surface area contributed by atoms with Crippen LogP contribution in [0.15, 0.2) is 65.8 Å². The molecule has 0 heterocycles. The van der Waals surface area contributed by atoms with Gasteiger partial charge in [0.2, 0.25) is 5.75 Å². The number of carbonyl (C=O) groups excluding carboxylic acids is 2. The number of phenolic OH excluding ortho intramolecular Hbond substituents is 1. The maximum absolute atomic E-state index is 12.3. The van der Waals surface area contributed by atoms with Gasteiger partial charge in [0.25, 0.3) is 5.91 Å². The molecule has 9 nitrogen and oxygen atoms in total. The van der Waals surface area contributed by atoms with Crippen molar-refractivity contribution in [3.63, 3.8) is 0 Å². The highest BCUT2D eigenvalue weighted by Gasteiger charge is 2.21. The summed E-state index contributed by atoms with van der Waals surface area (Å²) in [5.41, 5.74) is 2.30. The van der Waals surface area contributed by atoms with Crippen molar-refractivity contribution in [2.45, 2.75) is 0 Å².